The minimum Gasteiger partial charge on any atom is -0.481 e. The Balaban J connectivity index is 1.20. The van der Waals surface area contributed by atoms with Crippen LogP contribution in [0, 0.1) is 13.8 Å². The second-order valence-electron chi connectivity index (χ2n) is 8.66. The lowest BCUT2D eigenvalue weighted by Gasteiger charge is -2.38. The summed E-state index contributed by atoms with van der Waals surface area (Å²) < 4.78 is 5.09. The highest BCUT2D eigenvalue weighted by atomic mass is 32.1. The van der Waals surface area contributed by atoms with Crippen molar-refractivity contribution in [3.8, 4) is 16.5 Å². The molecule has 1 amide bonds. The Morgan fingerprint density at radius 2 is 1.92 bits per heavy atom. The zero-order valence-electron chi connectivity index (χ0n) is 20.2. The lowest BCUT2D eigenvalue weighted by Crippen LogP contribution is -2.45. The monoisotopic (exact) mass is 522 g/mol. The number of anilines is 2. The number of nitrogens with zero attached hydrogens (tertiary/aromatic N) is 5. The fourth-order valence-corrected chi connectivity index (χ4v) is 5.90. The van der Waals surface area contributed by atoms with Gasteiger partial charge in [-0.2, -0.15) is 0 Å². The number of thiazole rings is 2. The van der Waals surface area contributed by atoms with E-state index in [2.05, 4.69) is 25.3 Å². The number of carbonyl (C=O) groups excluding carboxylic acids is 1. The molecule has 1 saturated heterocycles. The molecule has 11 heteroatoms. The molecule has 2 N–H and O–H groups in total. The van der Waals surface area contributed by atoms with Crippen LogP contribution in [0.2, 0.25) is 0 Å². The van der Waals surface area contributed by atoms with E-state index in [0.29, 0.717) is 43.2 Å². The number of aromatic nitrogens is 4. The van der Waals surface area contributed by atoms with Crippen molar-refractivity contribution in [2.75, 3.05) is 25.5 Å². The van der Waals surface area contributed by atoms with Gasteiger partial charge in [0.05, 0.1) is 39.5 Å². The van der Waals surface area contributed by atoms with Crippen LogP contribution in [0.25, 0.3) is 10.6 Å². The third-order valence-corrected chi connectivity index (χ3v) is 8.10. The van der Waals surface area contributed by atoms with Crippen LogP contribution >= 0.6 is 22.7 Å². The first-order valence-electron chi connectivity index (χ1n) is 11.5. The second-order valence-corrected chi connectivity index (χ2v) is 10.7. The van der Waals surface area contributed by atoms with Crippen molar-refractivity contribution in [2.24, 2.45) is 0 Å². The smallest absolute Gasteiger partial charge is 0.255 e. The summed E-state index contributed by atoms with van der Waals surface area (Å²) in [5.41, 5.74) is 2.11. The van der Waals surface area contributed by atoms with Gasteiger partial charge in [-0.15, -0.1) is 22.7 Å². The Hall–Kier alpha value is -3.41. The van der Waals surface area contributed by atoms with Crippen molar-refractivity contribution in [2.45, 2.75) is 32.3 Å². The van der Waals surface area contributed by atoms with E-state index in [1.54, 1.807) is 53.9 Å². The molecule has 0 unspecified atom stereocenters. The third-order valence-electron chi connectivity index (χ3n) is 6.25. The van der Waals surface area contributed by atoms with Gasteiger partial charge in [-0.1, -0.05) is 0 Å². The van der Waals surface area contributed by atoms with Crippen LogP contribution in [0.15, 0.2) is 42.0 Å². The minimum absolute atomic E-state index is 0.100. The number of nitrogens with one attached hydrogen (secondary N) is 1. The molecule has 0 atom stereocenters. The molecular formula is C25H26N6O3S2. The highest BCUT2D eigenvalue weighted by Crippen LogP contribution is 2.34. The van der Waals surface area contributed by atoms with Crippen molar-refractivity contribution in [1.29, 1.82) is 0 Å². The van der Waals surface area contributed by atoms with Crippen LogP contribution in [0.3, 0.4) is 0 Å². The van der Waals surface area contributed by atoms with Crippen molar-refractivity contribution in [3.63, 3.8) is 0 Å². The van der Waals surface area contributed by atoms with E-state index in [-0.39, 0.29) is 5.91 Å². The summed E-state index contributed by atoms with van der Waals surface area (Å²) >= 11 is 3.13. The molecule has 186 valence electrons. The average molecular weight is 523 g/mol. The van der Waals surface area contributed by atoms with Gasteiger partial charge in [-0.3, -0.25) is 4.79 Å². The number of carbonyl (C=O) groups is 1. The van der Waals surface area contributed by atoms with E-state index in [9.17, 15) is 9.90 Å². The first-order chi connectivity index (χ1) is 17.3. The number of methoxy groups -OCH3 is 1. The lowest BCUT2D eigenvalue weighted by atomic mass is 9.85. The molecule has 0 radical (unpaired) electrons. The molecule has 5 heterocycles. The number of ether oxygens (including phenoxy) is 1. The van der Waals surface area contributed by atoms with Gasteiger partial charge in [-0.05, 0) is 44.9 Å². The summed E-state index contributed by atoms with van der Waals surface area (Å²) in [6.07, 6.45) is 4.08. The van der Waals surface area contributed by atoms with Crippen LogP contribution < -0.4 is 10.1 Å². The van der Waals surface area contributed by atoms with Gasteiger partial charge in [0.15, 0.2) is 5.13 Å². The van der Waals surface area contributed by atoms with Gasteiger partial charge in [0.2, 0.25) is 5.88 Å². The third kappa shape index (κ3) is 4.95. The molecule has 1 aliphatic heterocycles. The number of aliphatic hydroxyl groups is 1. The molecule has 5 rings (SSSR count). The van der Waals surface area contributed by atoms with Gasteiger partial charge < -0.3 is 20.1 Å². The quantitative estimate of drug-likeness (QED) is 0.379. The first kappa shape index (κ1) is 24.3. The van der Waals surface area contributed by atoms with E-state index in [1.807, 2.05) is 25.3 Å². The zero-order chi connectivity index (χ0) is 25.3. The summed E-state index contributed by atoms with van der Waals surface area (Å²) in [5.74, 6) is 1.02. The van der Waals surface area contributed by atoms with Crippen LogP contribution in [-0.2, 0) is 5.60 Å². The normalized spacial score (nSPS) is 15.1. The summed E-state index contributed by atoms with van der Waals surface area (Å²) in [6, 6.07) is 7.10. The molecule has 36 heavy (non-hydrogen) atoms. The van der Waals surface area contributed by atoms with Crippen LogP contribution in [-0.4, -0.2) is 56.0 Å². The van der Waals surface area contributed by atoms with E-state index >= 15 is 0 Å². The van der Waals surface area contributed by atoms with E-state index in [0.717, 1.165) is 32.0 Å². The second kappa shape index (κ2) is 9.92. The Morgan fingerprint density at radius 1 is 1.11 bits per heavy atom. The molecule has 1 aliphatic rings. The van der Waals surface area contributed by atoms with Gasteiger partial charge >= 0.3 is 0 Å². The molecule has 0 bridgehead atoms. The van der Waals surface area contributed by atoms with Crippen LogP contribution in [0.4, 0.5) is 10.9 Å². The van der Waals surface area contributed by atoms with E-state index in [1.165, 1.54) is 11.3 Å². The fourth-order valence-electron chi connectivity index (χ4n) is 4.24. The number of hydrogen-bond donors (Lipinski definition) is 2. The minimum atomic E-state index is -1.01. The maximum atomic E-state index is 13.0. The molecule has 1 fully saturated rings. The number of amides is 1. The van der Waals surface area contributed by atoms with E-state index < -0.39 is 5.60 Å². The van der Waals surface area contributed by atoms with Crippen molar-refractivity contribution >= 4 is 39.5 Å². The molecular weight excluding hydrogens is 496 g/mol. The molecule has 0 aromatic carbocycles. The molecule has 0 saturated carbocycles. The first-order valence-corrected chi connectivity index (χ1v) is 13.2. The average Bonchev–Trinajstić information content (AvgIpc) is 3.49. The highest BCUT2D eigenvalue weighted by Gasteiger charge is 2.36. The summed E-state index contributed by atoms with van der Waals surface area (Å²) in [6.45, 7) is 4.86. The molecule has 4 aromatic rings. The topological polar surface area (TPSA) is 113 Å². The van der Waals surface area contributed by atoms with Crippen LogP contribution in [0.1, 0.15) is 39.5 Å². The van der Waals surface area contributed by atoms with Gasteiger partial charge in [-0.25, -0.2) is 19.9 Å². The lowest BCUT2D eigenvalue weighted by molar-refractivity contribution is -0.0214. The zero-order valence-corrected chi connectivity index (χ0v) is 21.8. The van der Waals surface area contributed by atoms with Crippen molar-refractivity contribution < 1.29 is 14.6 Å². The summed E-state index contributed by atoms with van der Waals surface area (Å²) in [4.78, 5) is 33.6. The van der Waals surface area contributed by atoms with Crippen LogP contribution in [0.5, 0.6) is 5.88 Å². The number of likely N-dealkylation sites (tertiary alicyclic amines) is 1. The standard InChI is InChI=1S/C25H26N6O3S2/c1-15-22(36-16(2)28-15)19-14-35-24(29-19)30-20-6-4-17(12-26-20)23(32)31-10-8-25(33,9-11-31)18-5-7-21(34-3)27-13-18/h4-7,12-14,33H,8-11H2,1-3H3,(H,26,29,30). The number of aryl methyl sites for hydroxylation is 2. The van der Waals surface area contributed by atoms with Crippen molar-refractivity contribution in [1.82, 2.24) is 24.8 Å². The Morgan fingerprint density at radius 3 is 2.53 bits per heavy atom. The van der Waals surface area contributed by atoms with Gasteiger partial charge in [0.25, 0.3) is 5.91 Å². The predicted octanol–water partition coefficient (Wildman–Crippen LogP) is 4.55. The van der Waals surface area contributed by atoms with Gasteiger partial charge in [0.1, 0.15) is 5.82 Å². The number of pyridine rings is 2. The van der Waals surface area contributed by atoms with Gasteiger partial charge in [0, 0.05) is 42.5 Å². The number of hydrogen-bond acceptors (Lipinski definition) is 10. The Bertz CT molecular complexity index is 1360. The highest BCUT2D eigenvalue weighted by molar-refractivity contribution is 7.16. The predicted molar refractivity (Wildman–Crippen MR) is 140 cm³/mol. The maximum absolute atomic E-state index is 13.0. The molecule has 9 nitrogen and oxygen atoms in total. The number of piperidine rings is 1. The van der Waals surface area contributed by atoms with Crippen molar-refractivity contribution in [3.05, 3.63) is 63.9 Å². The SMILES string of the molecule is COc1ccc(C2(O)CCN(C(=O)c3ccc(Nc4nc(-c5sc(C)nc5C)cs4)nc3)CC2)cn1. The molecule has 4 aromatic heterocycles. The summed E-state index contributed by atoms with van der Waals surface area (Å²) in [5, 5.41) is 18.1. The molecule has 0 aliphatic carbocycles. The molecule has 0 spiro atoms. The largest absolute Gasteiger partial charge is 0.481 e. The number of rotatable bonds is 6. The maximum Gasteiger partial charge on any atom is 0.255 e. The fraction of sp³-hybridized carbons (Fsp3) is 0.320. The Kier molecular flexibility index (Phi) is 6.69. The Labute approximate surface area is 216 Å². The summed E-state index contributed by atoms with van der Waals surface area (Å²) in [7, 11) is 1.55. The van der Waals surface area contributed by atoms with E-state index in [4.69, 9.17) is 4.74 Å².